The molecule has 0 spiro atoms. The van der Waals surface area contributed by atoms with Gasteiger partial charge in [-0.1, -0.05) is 30.3 Å². The molecule has 0 radical (unpaired) electrons. The van der Waals surface area contributed by atoms with Gasteiger partial charge in [-0.3, -0.25) is 0 Å². The first-order valence-corrected chi connectivity index (χ1v) is 7.97. The monoisotopic (exact) mass is 367 g/mol. The van der Waals surface area contributed by atoms with Gasteiger partial charge in [0.05, 0.1) is 6.54 Å². The average molecular weight is 367 g/mol. The highest BCUT2D eigenvalue weighted by molar-refractivity contribution is 5.78. The maximum absolute atomic E-state index is 13.7. The molecule has 0 bridgehead atoms. The summed E-state index contributed by atoms with van der Waals surface area (Å²) in [6.07, 6.45) is -3.95. The van der Waals surface area contributed by atoms with Crippen molar-refractivity contribution in [3.05, 3.63) is 65.5 Å². The zero-order chi connectivity index (χ0) is 18.7. The summed E-state index contributed by atoms with van der Waals surface area (Å²) in [6, 6.07) is 12.0. The zero-order valence-corrected chi connectivity index (χ0v) is 13.6. The van der Waals surface area contributed by atoms with Crippen LogP contribution in [0.3, 0.4) is 0 Å². The van der Waals surface area contributed by atoms with E-state index in [0.29, 0.717) is 11.1 Å². The van der Waals surface area contributed by atoms with Gasteiger partial charge in [0, 0.05) is 12.0 Å². The maximum atomic E-state index is 13.7. The van der Waals surface area contributed by atoms with Gasteiger partial charge in [-0.25, -0.2) is 9.38 Å². The van der Waals surface area contributed by atoms with E-state index in [1.807, 2.05) is 0 Å². The Balaban J connectivity index is 1.51. The smallest absolute Gasteiger partial charge is 0.406 e. The van der Waals surface area contributed by atoms with E-state index in [4.69, 9.17) is 5.73 Å². The van der Waals surface area contributed by atoms with Crippen LogP contribution in [0.15, 0.2) is 53.5 Å². The average Bonchev–Trinajstić information content (AvgIpc) is 3.32. The summed E-state index contributed by atoms with van der Waals surface area (Å²) >= 11 is 0. The number of nitrogens with two attached hydrogens (primary N) is 1. The normalized spacial score (nSPS) is 19.9. The quantitative estimate of drug-likeness (QED) is 0.481. The number of hydrogen-bond donors (Lipinski definition) is 2. The number of aliphatic imine (C=N–C) groups is 1. The van der Waals surface area contributed by atoms with Crippen molar-refractivity contribution >= 4 is 5.96 Å². The molecule has 3 rings (SSSR count). The SMILES string of the molecule is NC(=NCc1ccc(OC(F)(F)F)cc1)NC1CC1c1ccccc1F. The van der Waals surface area contributed by atoms with Crippen LogP contribution in [0.5, 0.6) is 5.75 Å². The summed E-state index contributed by atoms with van der Waals surface area (Å²) in [4.78, 5) is 4.16. The maximum Gasteiger partial charge on any atom is 0.573 e. The molecule has 2 aromatic rings. The van der Waals surface area contributed by atoms with Gasteiger partial charge in [-0.15, -0.1) is 13.2 Å². The van der Waals surface area contributed by atoms with Crippen molar-refractivity contribution in [3.8, 4) is 5.75 Å². The molecule has 4 nitrogen and oxygen atoms in total. The highest BCUT2D eigenvalue weighted by Crippen LogP contribution is 2.41. The molecule has 1 aliphatic carbocycles. The summed E-state index contributed by atoms with van der Waals surface area (Å²) in [5, 5.41) is 3.03. The van der Waals surface area contributed by atoms with Crippen LogP contribution in [-0.4, -0.2) is 18.4 Å². The molecule has 1 saturated carbocycles. The van der Waals surface area contributed by atoms with Gasteiger partial charge in [0.15, 0.2) is 5.96 Å². The molecule has 2 atom stereocenters. The Morgan fingerprint density at radius 3 is 2.50 bits per heavy atom. The Kier molecular flexibility index (Phi) is 5.01. The molecule has 0 aromatic heterocycles. The van der Waals surface area contributed by atoms with E-state index in [-0.39, 0.29) is 36.0 Å². The van der Waals surface area contributed by atoms with Crippen LogP contribution < -0.4 is 15.8 Å². The van der Waals surface area contributed by atoms with Gasteiger partial charge in [0.2, 0.25) is 0 Å². The number of benzene rings is 2. The van der Waals surface area contributed by atoms with Crippen molar-refractivity contribution < 1.29 is 22.3 Å². The van der Waals surface area contributed by atoms with Crippen LogP contribution in [0.4, 0.5) is 17.6 Å². The predicted octanol–water partition coefficient (Wildman–Crippen LogP) is 3.68. The predicted molar refractivity (Wildman–Crippen MR) is 89.1 cm³/mol. The van der Waals surface area contributed by atoms with E-state index >= 15 is 0 Å². The molecule has 2 aromatic carbocycles. The van der Waals surface area contributed by atoms with E-state index in [1.165, 1.54) is 30.3 Å². The molecule has 138 valence electrons. The number of halogens is 4. The molecule has 26 heavy (non-hydrogen) atoms. The van der Waals surface area contributed by atoms with Gasteiger partial charge >= 0.3 is 6.36 Å². The second kappa shape index (κ2) is 7.23. The zero-order valence-electron chi connectivity index (χ0n) is 13.6. The minimum absolute atomic E-state index is 0.0261. The van der Waals surface area contributed by atoms with Crippen LogP contribution in [0, 0.1) is 5.82 Å². The molecule has 0 saturated heterocycles. The minimum Gasteiger partial charge on any atom is -0.406 e. The summed E-state index contributed by atoms with van der Waals surface area (Å²) in [6.45, 7) is 0.211. The van der Waals surface area contributed by atoms with E-state index in [9.17, 15) is 17.6 Å². The lowest BCUT2D eigenvalue weighted by atomic mass is 10.1. The number of alkyl halides is 3. The van der Waals surface area contributed by atoms with Gasteiger partial charge in [-0.05, 0) is 35.7 Å². The third-order valence-corrected chi connectivity index (χ3v) is 4.02. The van der Waals surface area contributed by atoms with Gasteiger partial charge < -0.3 is 15.8 Å². The van der Waals surface area contributed by atoms with Gasteiger partial charge in [-0.2, -0.15) is 0 Å². The number of hydrogen-bond acceptors (Lipinski definition) is 2. The standard InChI is InChI=1S/C18H17F4N3O/c19-15-4-2-1-3-13(15)14-9-16(14)25-17(23)24-10-11-5-7-12(8-6-11)26-18(20,21)22/h1-8,14,16H,9-10H2,(H3,23,24,25). The third-order valence-electron chi connectivity index (χ3n) is 4.02. The van der Waals surface area contributed by atoms with Crippen LogP contribution in [0.1, 0.15) is 23.5 Å². The van der Waals surface area contributed by atoms with Crippen molar-refractivity contribution in [3.63, 3.8) is 0 Å². The van der Waals surface area contributed by atoms with Crippen LogP contribution >= 0.6 is 0 Å². The lowest BCUT2D eigenvalue weighted by Gasteiger charge is -2.09. The van der Waals surface area contributed by atoms with Crippen LogP contribution in [0.2, 0.25) is 0 Å². The number of rotatable bonds is 5. The minimum atomic E-state index is -4.72. The van der Waals surface area contributed by atoms with Gasteiger partial charge in [0.25, 0.3) is 0 Å². The number of nitrogens with one attached hydrogen (secondary N) is 1. The van der Waals surface area contributed by atoms with Crippen molar-refractivity contribution in [1.29, 1.82) is 0 Å². The molecule has 8 heteroatoms. The van der Waals surface area contributed by atoms with E-state index in [2.05, 4.69) is 15.0 Å². The Morgan fingerprint density at radius 2 is 1.85 bits per heavy atom. The Morgan fingerprint density at radius 1 is 1.15 bits per heavy atom. The number of nitrogens with zero attached hydrogens (tertiary/aromatic N) is 1. The van der Waals surface area contributed by atoms with Crippen LogP contribution in [-0.2, 0) is 6.54 Å². The highest BCUT2D eigenvalue weighted by Gasteiger charge is 2.40. The van der Waals surface area contributed by atoms with Crippen LogP contribution in [0.25, 0.3) is 0 Å². The topological polar surface area (TPSA) is 59.6 Å². The van der Waals surface area contributed by atoms with Crippen molar-refractivity contribution in [2.45, 2.75) is 31.3 Å². The summed E-state index contributed by atoms with van der Waals surface area (Å²) in [5.41, 5.74) is 7.16. The lowest BCUT2D eigenvalue weighted by molar-refractivity contribution is -0.274. The Labute approximate surface area is 147 Å². The highest BCUT2D eigenvalue weighted by atomic mass is 19.4. The molecule has 3 N–H and O–H groups in total. The summed E-state index contributed by atoms with van der Waals surface area (Å²) in [7, 11) is 0. The molecule has 0 heterocycles. The van der Waals surface area contributed by atoms with Crippen molar-refractivity contribution in [1.82, 2.24) is 5.32 Å². The molecule has 0 amide bonds. The van der Waals surface area contributed by atoms with Crippen molar-refractivity contribution in [2.75, 3.05) is 0 Å². The Bertz CT molecular complexity index is 790. The fourth-order valence-corrected chi connectivity index (χ4v) is 2.68. The van der Waals surface area contributed by atoms with E-state index in [1.54, 1.807) is 18.2 Å². The molecular weight excluding hydrogens is 350 g/mol. The molecule has 0 aliphatic heterocycles. The molecule has 2 unspecified atom stereocenters. The lowest BCUT2D eigenvalue weighted by Crippen LogP contribution is -2.34. The van der Waals surface area contributed by atoms with Gasteiger partial charge in [0.1, 0.15) is 11.6 Å². The largest absolute Gasteiger partial charge is 0.573 e. The molecule has 1 aliphatic rings. The number of ether oxygens (including phenoxy) is 1. The number of guanidine groups is 1. The first-order chi connectivity index (χ1) is 12.3. The first kappa shape index (κ1) is 18.0. The van der Waals surface area contributed by atoms with E-state index < -0.39 is 6.36 Å². The fraction of sp³-hybridized carbons (Fsp3) is 0.278. The second-order valence-corrected chi connectivity index (χ2v) is 6.01. The second-order valence-electron chi connectivity index (χ2n) is 6.01. The molecular formula is C18H17F4N3O. The summed E-state index contributed by atoms with van der Waals surface area (Å²) < 4.78 is 53.9. The summed E-state index contributed by atoms with van der Waals surface area (Å²) in [5.74, 6) is -0.256. The molecule has 1 fully saturated rings. The third kappa shape index (κ3) is 4.87. The fourth-order valence-electron chi connectivity index (χ4n) is 2.68. The van der Waals surface area contributed by atoms with E-state index in [0.717, 1.165) is 6.42 Å². The van der Waals surface area contributed by atoms with Crippen molar-refractivity contribution in [2.24, 2.45) is 10.7 Å². The Hall–Kier alpha value is -2.77. The first-order valence-electron chi connectivity index (χ1n) is 7.97.